The van der Waals surface area contributed by atoms with E-state index in [9.17, 15) is 4.79 Å². The summed E-state index contributed by atoms with van der Waals surface area (Å²) in [6.45, 7) is 7.73. The van der Waals surface area contributed by atoms with Crippen LogP contribution in [0, 0.1) is 13.8 Å². The molecule has 2 atom stereocenters. The molecule has 0 bridgehead atoms. The highest BCUT2D eigenvalue weighted by Gasteiger charge is 2.23. The third-order valence-electron chi connectivity index (χ3n) is 5.43. The Kier molecular flexibility index (Phi) is 5.43. The second-order valence-corrected chi connectivity index (χ2v) is 8.58. The van der Waals surface area contributed by atoms with Gasteiger partial charge in [-0.15, -0.1) is 11.3 Å². The first-order chi connectivity index (χ1) is 13.1. The van der Waals surface area contributed by atoms with Gasteiger partial charge < -0.3 is 14.1 Å². The van der Waals surface area contributed by atoms with Crippen molar-refractivity contribution in [3.05, 3.63) is 67.7 Å². The van der Waals surface area contributed by atoms with Crippen LogP contribution in [-0.4, -0.2) is 19.3 Å². The van der Waals surface area contributed by atoms with Gasteiger partial charge in [-0.3, -0.25) is 0 Å². The summed E-state index contributed by atoms with van der Waals surface area (Å²) in [4.78, 5) is 14.9. The van der Waals surface area contributed by atoms with Crippen LogP contribution in [0.3, 0.4) is 0 Å². The highest BCUT2D eigenvalue weighted by Crippen LogP contribution is 2.21. The Morgan fingerprint density at radius 2 is 2.04 bits per heavy atom. The van der Waals surface area contributed by atoms with Gasteiger partial charge in [0.05, 0.1) is 4.88 Å². The molecular weight excluding hydrogens is 358 g/mol. The molecule has 0 aliphatic carbocycles. The molecule has 3 aromatic rings. The maximum absolute atomic E-state index is 12.1. The van der Waals surface area contributed by atoms with Gasteiger partial charge in [0.2, 0.25) is 0 Å². The first kappa shape index (κ1) is 18.4. The zero-order valence-corrected chi connectivity index (χ0v) is 16.7. The van der Waals surface area contributed by atoms with Gasteiger partial charge in [-0.1, -0.05) is 6.07 Å². The lowest BCUT2D eigenvalue weighted by Gasteiger charge is -2.22. The predicted octanol–water partition coefficient (Wildman–Crippen LogP) is 3.24. The lowest BCUT2D eigenvalue weighted by atomic mass is 10.0. The molecule has 2 aromatic heterocycles. The van der Waals surface area contributed by atoms with E-state index < -0.39 is 0 Å². The molecule has 27 heavy (non-hydrogen) atoms. The number of quaternary nitrogens is 1. The summed E-state index contributed by atoms with van der Waals surface area (Å²) in [5.74, 6) is 0. The van der Waals surface area contributed by atoms with E-state index in [4.69, 9.17) is 9.15 Å². The van der Waals surface area contributed by atoms with Crippen molar-refractivity contribution in [1.29, 1.82) is 0 Å². The summed E-state index contributed by atoms with van der Waals surface area (Å²) >= 11 is 1.79. The van der Waals surface area contributed by atoms with Crippen LogP contribution in [0.1, 0.15) is 34.4 Å². The Morgan fingerprint density at radius 1 is 1.19 bits per heavy atom. The Hall–Kier alpha value is -1.95. The summed E-state index contributed by atoms with van der Waals surface area (Å²) in [6.07, 6.45) is 2.59. The van der Waals surface area contributed by atoms with E-state index in [1.165, 1.54) is 15.3 Å². The SMILES string of the molecule is Cc1cc2oc(=O)cc(C[NH+](Cc3cccs3)C[C@@H]3CCCO3)c2cc1C. The van der Waals surface area contributed by atoms with Crippen LogP contribution in [0.2, 0.25) is 0 Å². The van der Waals surface area contributed by atoms with Crippen molar-refractivity contribution in [3.63, 3.8) is 0 Å². The molecular formula is C22H26NO3S+. The lowest BCUT2D eigenvalue weighted by Crippen LogP contribution is -3.10. The quantitative estimate of drug-likeness (QED) is 0.664. The number of rotatable bonds is 6. The van der Waals surface area contributed by atoms with E-state index in [1.807, 2.05) is 13.0 Å². The van der Waals surface area contributed by atoms with Crippen LogP contribution in [0.5, 0.6) is 0 Å². The Morgan fingerprint density at radius 3 is 2.78 bits per heavy atom. The average molecular weight is 385 g/mol. The fraction of sp³-hybridized carbons (Fsp3) is 0.409. The molecule has 1 unspecified atom stereocenters. The second kappa shape index (κ2) is 7.97. The molecule has 4 rings (SSSR count). The molecule has 3 heterocycles. The standard InChI is InChI=1S/C22H25NO3S/c1-15-9-20-17(11-22(24)26-21(20)10-16(15)2)12-23(13-18-5-3-7-25-18)14-19-6-4-8-27-19/h4,6,8-11,18H,3,5,7,12-14H2,1-2H3/p+1/t18-/m0/s1. The third kappa shape index (κ3) is 4.32. The summed E-state index contributed by atoms with van der Waals surface area (Å²) < 4.78 is 11.4. The third-order valence-corrected chi connectivity index (χ3v) is 6.31. The monoisotopic (exact) mass is 384 g/mol. The number of benzene rings is 1. The fourth-order valence-electron chi connectivity index (χ4n) is 3.89. The lowest BCUT2D eigenvalue weighted by molar-refractivity contribution is -0.930. The molecule has 5 heteroatoms. The van der Waals surface area contributed by atoms with Crippen molar-refractivity contribution in [2.45, 2.75) is 45.9 Å². The smallest absolute Gasteiger partial charge is 0.336 e. The van der Waals surface area contributed by atoms with Crippen LogP contribution in [-0.2, 0) is 17.8 Å². The molecule has 1 aliphatic heterocycles. The van der Waals surface area contributed by atoms with Crippen molar-refractivity contribution in [2.75, 3.05) is 13.2 Å². The first-order valence-corrected chi connectivity index (χ1v) is 10.5. The van der Waals surface area contributed by atoms with Gasteiger partial charge in [-0.05, 0) is 61.4 Å². The summed E-state index contributed by atoms with van der Waals surface area (Å²) in [7, 11) is 0. The van der Waals surface area contributed by atoms with Gasteiger partial charge in [-0.2, -0.15) is 0 Å². The summed E-state index contributed by atoms with van der Waals surface area (Å²) in [5.41, 5.74) is 3.84. The normalized spacial score (nSPS) is 18.2. The highest BCUT2D eigenvalue weighted by molar-refractivity contribution is 7.09. The molecule has 1 aromatic carbocycles. The van der Waals surface area contributed by atoms with E-state index in [0.29, 0.717) is 11.7 Å². The van der Waals surface area contributed by atoms with E-state index in [1.54, 1.807) is 17.4 Å². The topological polar surface area (TPSA) is 43.9 Å². The maximum Gasteiger partial charge on any atom is 0.336 e. The van der Waals surface area contributed by atoms with Crippen LogP contribution in [0.25, 0.3) is 11.0 Å². The minimum Gasteiger partial charge on any atom is -0.423 e. The fourth-order valence-corrected chi connectivity index (χ4v) is 4.67. The number of nitrogens with one attached hydrogen (secondary N) is 1. The number of ether oxygens (including phenoxy) is 1. The minimum absolute atomic E-state index is 0.270. The number of fused-ring (bicyclic) bond motifs is 1. The molecule has 1 fully saturated rings. The molecule has 0 radical (unpaired) electrons. The van der Waals surface area contributed by atoms with Crippen LogP contribution >= 0.6 is 11.3 Å². The molecule has 0 spiro atoms. The van der Waals surface area contributed by atoms with Crippen LogP contribution in [0.15, 0.2) is 44.9 Å². The van der Waals surface area contributed by atoms with E-state index >= 15 is 0 Å². The Balaban J connectivity index is 1.66. The number of hydrogen-bond donors (Lipinski definition) is 1. The van der Waals surface area contributed by atoms with Gasteiger partial charge in [0.25, 0.3) is 0 Å². The molecule has 1 saturated heterocycles. The van der Waals surface area contributed by atoms with Gasteiger partial charge in [0.1, 0.15) is 31.3 Å². The zero-order valence-electron chi connectivity index (χ0n) is 15.9. The Bertz CT molecular complexity index is 971. The van der Waals surface area contributed by atoms with E-state index in [-0.39, 0.29) is 5.63 Å². The zero-order chi connectivity index (χ0) is 18.8. The molecule has 1 aliphatic rings. The van der Waals surface area contributed by atoms with Crippen molar-refractivity contribution < 1.29 is 14.1 Å². The van der Waals surface area contributed by atoms with Gasteiger partial charge >= 0.3 is 5.63 Å². The van der Waals surface area contributed by atoms with Gasteiger partial charge in [-0.25, -0.2) is 4.79 Å². The van der Waals surface area contributed by atoms with Gasteiger partial charge in [0, 0.05) is 23.6 Å². The molecule has 142 valence electrons. The maximum atomic E-state index is 12.1. The van der Waals surface area contributed by atoms with E-state index in [0.717, 1.165) is 55.6 Å². The minimum atomic E-state index is -0.270. The number of hydrogen-bond acceptors (Lipinski definition) is 4. The predicted molar refractivity (Wildman–Crippen MR) is 108 cm³/mol. The van der Waals surface area contributed by atoms with Crippen molar-refractivity contribution in [2.24, 2.45) is 0 Å². The molecule has 4 nitrogen and oxygen atoms in total. The van der Waals surface area contributed by atoms with Gasteiger partial charge in [0.15, 0.2) is 0 Å². The van der Waals surface area contributed by atoms with Crippen molar-refractivity contribution >= 4 is 22.3 Å². The number of thiophene rings is 1. The first-order valence-electron chi connectivity index (χ1n) is 9.60. The van der Waals surface area contributed by atoms with Crippen LogP contribution < -0.4 is 10.5 Å². The largest absolute Gasteiger partial charge is 0.423 e. The highest BCUT2D eigenvalue weighted by atomic mass is 32.1. The Labute approximate surface area is 163 Å². The van der Waals surface area contributed by atoms with Crippen molar-refractivity contribution in [1.82, 2.24) is 0 Å². The summed E-state index contributed by atoms with van der Waals surface area (Å²) in [5, 5.41) is 3.17. The number of aryl methyl sites for hydroxylation is 2. The molecule has 1 N–H and O–H groups in total. The average Bonchev–Trinajstić information content (AvgIpc) is 3.30. The molecule has 0 saturated carbocycles. The van der Waals surface area contributed by atoms with Crippen molar-refractivity contribution in [3.8, 4) is 0 Å². The van der Waals surface area contributed by atoms with E-state index in [2.05, 4.69) is 30.5 Å². The van der Waals surface area contributed by atoms with Crippen LogP contribution in [0.4, 0.5) is 0 Å². The molecule has 0 amide bonds. The summed E-state index contributed by atoms with van der Waals surface area (Å²) in [6, 6.07) is 10.1. The second-order valence-electron chi connectivity index (χ2n) is 7.55.